The van der Waals surface area contributed by atoms with Crippen molar-refractivity contribution in [2.75, 3.05) is 7.11 Å². The Morgan fingerprint density at radius 3 is 2.45 bits per heavy atom. The molecule has 3 aromatic carbocycles. The Morgan fingerprint density at radius 2 is 1.72 bits per heavy atom. The van der Waals surface area contributed by atoms with Crippen LogP contribution in [0.25, 0.3) is 22.8 Å². The summed E-state index contributed by atoms with van der Waals surface area (Å²) in [5, 5.41) is 4.76. The molecule has 144 valence electrons. The fourth-order valence-corrected chi connectivity index (χ4v) is 3.20. The van der Waals surface area contributed by atoms with E-state index in [9.17, 15) is 4.79 Å². The monoisotopic (exact) mass is 383 g/mol. The first-order chi connectivity index (χ1) is 14.3. The van der Waals surface area contributed by atoms with Crippen LogP contribution in [0.3, 0.4) is 0 Å². The van der Waals surface area contributed by atoms with Crippen molar-refractivity contribution in [1.82, 2.24) is 14.8 Å². The third-order valence-electron chi connectivity index (χ3n) is 4.76. The van der Waals surface area contributed by atoms with Gasteiger partial charge in [-0.3, -0.25) is 4.79 Å². The third-order valence-corrected chi connectivity index (χ3v) is 4.76. The molecule has 1 aromatic heterocycles. The highest BCUT2D eigenvalue weighted by molar-refractivity contribution is 5.78. The molecular formula is C24H21N3O2. The minimum Gasteiger partial charge on any atom is -0.497 e. The predicted molar refractivity (Wildman–Crippen MR) is 113 cm³/mol. The quantitative estimate of drug-likeness (QED) is 0.435. The van der Waals surface area contributed by atoms with Gasteiger partial charge in [0, 0.05) is 23.2 Å². The van der Waals surface area contributed by atoms with Crippen molar-refractivity contribution < 1.29 is 9.53 Å². The summed E-state index contributed by atoms with van der Waals surface area (Å²) in [7, 11) is 1.64. The molecule has 0 aliphatic carbocycles. The van der Waals surface area contributed by atoms with Crippen LogP contribution in [0.1, 0.15) is 15.9 Å². The summed E-state index contributed by atoms with van der Waals surface area (Å²) in [6, 6.07) is 25.4. The molecule has 29 heavy (non-hydrogen) atoms. The van der Waals surface area contributed by atoms with Crippen molar-refractivity contribution >= 4 is 6.29 Å². The molecule has 0 amide bonds. The van der Waals surface area contributed by atoms with Crippen LogP contribution >= 0.6 is 0 Å². The molecular weight excluding hydrogens is 362 g/mol. The predicted octanol–water partition coefficient (Wildman–Crippen LogP) is 4.68. The Balaban J connectivity index is 1.71. The average molecular weight is 383 g/mol. The van der Waals surface area contributed by atoms with Gasteiger partial charge < -0.3 is 4.74 Å². The molecule has 0 radical (unpaired) electrons. The summed E-state index contributed by atoms with van der Waals surface area (Å²) in [6.45, 7) is 0.688. The Labute approximate surface area is 169 Å². The fourth-order valence-electron chi connectivity index (χ4n) is 3.20. The second-order valence-corrected chi connectivity index (χ2v) is 6.69. The number of aldehydes is 1. The Bertz CT molecular complexity index is 1100. The second-order valence-electron chi connectivity index (χ2n) is 6.69. The van der Waals surface area contributed by atoms with Gasteiger partial charge in [-0.25, -0.2) is 9.67 Å². The van der Waals surface area contributed by atoms with E-state index >= 15 is 0 Å². The highest BCUT2D eigenvalue weighted by Crippen LogP contribution is 2.25. The molecule has 0 N–H and O–H groups in total. The Hall–Kier alpha value is -3.73. The lowest BCUT2D eigenvalue weighted by molar-refractivity contribution is 0.112. The highest BCUT2D eigenvalue weighted by atomic mass is 16.5. The number of nitrogens with zero attached hydrogens (tertiary/aromatic N) is 3. The molecule has 4 rings (SSSR count). The average Bonchev–Trinajstić information content (AvgIpc) is 3.23. The Kier molecular flexibility index (Phi) is 5.47. The summed E-state index contributed by atoms with van der Waals surface area (Å²) in [5.41, 5.74) is 3.64. The van der Waals surface area contributed by atoms with Gasteiger partial charge in [-0.15, -0.1) is 0 Å². The highest BCUT2D eigenvalue weighted by Gasteiger charge is 2.14. The standard InChI is InChI=1S/C24H21N3O2/c1-29-22-12-10-20(11-13-22)23-25-24(21-9-5-8-19(16-21)17-28)27(26-23)15-14-18-6-3-2-4-7-18/h2-13,16-17H,14-15H2,1H3. The second kappa shape index (κ2) is 8.52. The lowest BCUT2D eigenvalue weighted by Gasteiger charge is -2.06. The van der Waals surface area contributed by atoms with E-state index in [0.29, 0.717) is 17.9 Å². The molecule has 0 unspecified atom stereocenters. The largest absolute Gasteiger partial charge is 0.497 e. The zero-order valence-electron chi connectivity index (χ0n) is 16.2. The van der Waals surface area contributed by atoms with Gasteiger partial charge in [-0.2, -0.15) is 5.10 Å². The summed E-state index contributed by atoms with van der Waals surface area (Å²) in [6.07, 6.45) is 1.69. The number of aryl methyl sites for hydroxylation is 2. The minimum absolute atomic E-state index is 0.617. The van der Waals surface area contributed by atoms with Crippen molar-refractivity contribution in [2.45, 2.75) is 13.0 Å². The van der Waals surface area contributed by atoms with Gasteiger partial charge >= 0.3 is 0 Å². The molecule has 0 saturated carbocycles. The van der Waals surface area contributed by atoms with Crippen LogP contribution in [-0.2, 0) is 13.0 Å². The first-order valence-corrected chi connectivity index (χ1v) is 9.45. The van der Waals surface area contributed by atoms with Gasteiger partial charge in [0.2, 0.25) is 0 Å². The summed E-state index contributed by atoms with van der Waals surface area (Å²) in [5.74, 6) is 2.18. The van der Waals surface area contributed by atoms with Crippen LogP contribution in [0.15, 0.2) is 78.9 Å². The SMILES string of the molecule is COc1ccc(-c2nc(-c3cccc(C=O)c3)n(CCc3ccccc3)n2)cc1. The fraction of sp³-hybridized carbons (Fsp3) is 0.125. The minimum atomic E-state index is 0.617. The number of benzene rings is 3. The lowest BCUT2D eigenvalue weighted by atomic mass is 10.1. The molecule has 0 bridgehead atoms. The number of hydrogen-bond donors (Lipinski definition) is 0. The van der Waals surface area contributed by atoms with E-state index in [-0.39, 0.29) is 0 Å². The van der Waals surface area contributed by atoms with E-state index in [4.69, 9.17) is 14.8 Å². The zero-order chi connectivity index (χ0) is 20.1. The van der Waals surface area contributed by atoms with E-state index < -0.39 is 0 Å². The molecule has 0 aliphatic rings. The lowest BCUT2D eigenvalue weighted by Crippen LogP contribution is -2.05. The summed E-state index contributed by atoms with van der Waals surface area (Å²) < 4.78 is 7.15. The topological polar surface area (TPSA) is 57.0 Å². The molecule has 4 aromatic rings. The van der Waals surface area contributed by atoms with E-state index in [0.717, 1.165) is 35.4 Å². The van der Waals surface area contributed by atoms with Gasteiger partial charge in [0.25, 0.3) is 0 Å². The zero-order valence-corrected chi connectivity index (χ0v) is 16.2. The van der Waals surface area contributed by atoms with Gasteiger partial charge in [0.15, 0.2) is 11.6 Å². The molecule has 5 nitrogen and oxygen atoms in total. The molecule has 5 heteroatoms. The van der Waals surface area contributed by atoms with E-state index in [2.05, 4.69) is 12.1 Å². The third kappa shape index (κ3) is 4.24. The number of methoxy groups -OCH3 is 1. The van der Waals surface area contributed by atoms with E-state index in [1.165, 1.54) is 5.56 Å². The summed E-state index contributed by atoms with van der Waals surface area (Å²) in [4.78, 5) is 16.0. The van der Waals surface area contributed by atoms with Crippen LogP contribution in [0, 0.1) is 0 Å². The number of ether oxygens (including phenoxy) is 1. The van der Waals surface area contributed by atoms with E-state index in [1.807, 2.05) is 65.3 Å². The number of carbonyl (C=O) groups is 1. The van der Waals surface area contributed by atoms with E-state index in [1.54, 1.807) is 13.2 Å². The Morgan fingerprint density at radius 1 is 0.931 bits per heavy atom. The van der Waals surface area contributed by atoms with Crippen LogP contribution in [-0.4, -0.2) is 28.2 Å². The van der Waals surface area contributed by atoms with Crippen LogP contribution in [0.5, 0.6) is 5.75 Å². The van der Waals surface area contributed by atoms with Crippen molar-refractivity contribution in [3.8, 4) is 28.5 Å². The van der Waals surface area contributed by atoms with Crippen LogP contribution < -0.4 is 4.74 Å². The first-order valence-electron chi connectivity index (χ1n) is 9.45. The maximum atomic E-state index is 11.2. The van der Waals surface area contributed by atoms with Crippen molar-refractivity contribution in [3.05, 3.63) is 90.0 Å². The molecule has 0 spiro atoms. The van der Waals surface area contributed by atoms with Crippen molar-refractivity contribution in [2.24, 2.45) is 0 Å². The number of aromatic nitrogens is 3. The first kappa shape index (κ1) is 18.6. The van der Waals surface area contributed by atoms with Crippen LogP contribution in [0.2, 0.25) is 0 Å². The van der Waals surface area contributed by atoms with Crippen molar-refractivity contribution in [3.63, 3.8) is 0 Å². The van der Waals surface area contributed by atoms with Crippen molar-refractivity contribution in [1.29, 1.82) is 0 Å². The maximum Gasteiger partial charge on any atom is 0.181 e. The normalized spacial score (nSPS) is 10.7. The number of rotatable bonds is 7. The van der Waals surface area contributed by atoms with Gasteiger partial charge in [0.05, 0.1) is 7.11 Å². The van der Waals surface area contributed by atoms with Gasteiger partial charge in [-0.1, -0.05) is 48.5 Å². The molecule has 0 fully saturated rings. The summed E-state index contributed by atoms with van der Waals surface area (Å²) >= 11 is 0. The number of carbonyl (C=O) groups excluding carboxylic acids is 1. The van der Waals surface area contributed by atoms with Gasteiger partial charge in [0.1, 0.15) is 12.0 Å². The molecule has 0 saturated heterocycles. The molecule has 0 atom stereocenters. The number of hydrogen-bond acceptors (Lipinski definition) is 4. The molecule has 0 aliphatic heterocycles. The smallest absolute Gasteiger partial charge is 0.181 e. The molecule has 1 heterocycles. The van der Waals surface area contributed by atoms with Crippen LogP contribution in [0.4, 0.5) is 0 Å². The van der Waals surface area contributed by atoms with Gasteiger partial charge in [-0.05, 0) is 42.3 Å². The maximum absolute atomic E-state index is 11.2.